The van der Waals surface area contributed by atoms with Crippen LogP contribution in [0, 0.1) is 0 Å². The third kappa shape index (κ3) is 3.42. The van der Waals surface area contributed by atoms with E-state index in [0.717, 1.165) is 0 Å². The molecule has 6 heteroatoms. The van der Waals surface area contributed by atoms with Gasteiger partial charge in [0.15, 0.2) is 0 Å². The fourth-order valence-corrected chi connectivity index (χ4v) is 1.31. The summed E-state index contributed by atoms with van der Waals surface area (Å²) in [5.74, 6) is -1.11. The average molecular weight is 247 g/mol. The van der Waals surface area contributed by atoms with E-state index in [1.54, 1.807) is 6.07 Å². The Hall–Kier alpha value is -1.26. The van der Waals surface area contributed by atoms with E-state index in [-0.39, 0.29) is 17.1 Å². The summed E-state index contributed by atoms with van der Waals surface area (Å²) < 4.78 is 0. The topological polar surface area (TPSA) is 72.2 Å². The van der Waals surface area contributed by atoms with Gasteiger partial charge in [-0.3, -0.25) is 9.59 Å². The van der Waals surface area contributed by atoms with Crippen molar-refractivity contribution in [2.24, 2.45) is 5.73 Å². The molecule has 0 aliphatic rings. The van der Waals surface area contributed by atoms with Gasteiger partial charge in [0.25, 0.3) is 5.91 Å². The maximum absolute atomic E-state index is 11.5. The smallest absolute Gasteiger partial charge is 0.253 e. The number of nitrogens with one attached hydrogen (secondary N) is 1. The van der Waals surface area contributed by atoms with Crippen molar-refractivity contribution in [1.29, 1.82) is 0 Å². The van der Waals surface area contributed by atoms with Gasteiger partial charge in [0.1, 0.15) is 0 Å². The number of carbonyl (C=O) groups excluding carboxylic acids is 2. The lowest BCUT2D eigenvalue weighted by Gasteiger charge is -2.04. The fourth-order valence-electron chi connectivity index (χ4n) is 0.934. The number of amides is 2. The Balaban J connectivity index is 2.81. The van der Waals surface area contributed by atoms with E-state index in [4.69, 9.17) is 28.9 Å². The minimum Gasteiger partial charge on any atom is -0.368 e. The molecule has 0 unspecified atom stereocenters. The molecule has 4 nitrogen and oxygen atoms in total. The van der Waals surface area contributed by atoms with Crippen molar-refractivity contribution in [1.82, 2.24) is 5.32 Å². The summed E-state index contributed by atoms with van der Waals surface area (Å²) in [6.07, 6.45) is 0. The minimum absolute atomic E-state index is 0.213. The largest absolute Gasteiger partial charge is 0.368 e. The van der Waals surface area contributed by atoms with Crippen LogP contribution in [0.4, 0.5) is 0 Å². The zero-order valence-corrected chi connectivity index (χ0v) is 9.10. The number of halogens is 2. The van der Waals surface area contributed by atoms with Crippen LogP contribution in [-0.2, 0) is 4.79 Å². The molecule has 0 spiro atoms. The molecule has 0 aliphatic heterocycles. The zero-order valence-electron chi connectivity index (χ0n) is 7.59. The van der Waals surface area contributed by atoms with E-state index in [1.165, 1.54) is 12.1 Å². The van der Waals surface area contributed by atoms with Crippen LogP contribution in [0.5, 0.6) is 0 Å². The fraction of sp³-hybridized carbons (Fsp3) is 0.111. The standard InChI is InChI=1S/C9H8Cl2N2O2/c10-5-1-2-7(11)6(3-5)9(15)13-4-8(12)14/h1-3H,4H2,(H2,12,14)(H,13,15). The lowest BCUT2D eigenvalue weighted by Crippen LogP contribution is -2.33. The predicted octanol–water partition coefficient (Wildman–Crippen LogP) is 1.21. The molecule has 1 aromatic rings. The second kappa shape index (κ2) is 5.00. The van der Waals surface area contributed by atoms with Gasteiger partial charge in [-0.05, 0) is 18.2 Å². The van der Waals surface area contributed by atoms with Crippen LogP contribution in [-0.4, -0.2) is 18.4 Å². The summed E-state index contributed by atoms with van der Waals surface area (Å²) in [7, 11) is 0. The van der Waals surface area contributed by atoms with Gasteiger partial charge in [0.2, 0.25) is 5.91 Å². The van der Waals surface area contributed by atoms with E-state index in [2.05, 4.69) is 5.32 Å². The van der Waals surface area contributed by atoms with E-state index in [0.29, 0.717) is 5.02 Å². The highest BCUT2D eigenvalue weighted by Gasteiger charge is 2.10. The second-order valence-corrected chi connectivity index (χ2v) is 3.62. The maximum atomic E-state index is 11.5. The minimum atomic E-state index is -0.624. The van der Waals surface area contributed by atoms with Crippen molar-refractivity contribution in [3.05, 3.63) is 33.8 Å². The molecule has 15 heavy (non-hydrogen) atoms. The van der Waals surface area contributed by atoms with Crippen LogP contribution < -0.4 is 11.1 Å². The highest BCUT2D eigenvalue weighted by atomic mass is 35.5. The van der Waals surface area contributed by atoms with E-state index in [9.17, 15) is 9.59 Å². The number of carbonyl (C=O) groups is 2. The summed E-state index contributed by atoms with van der Waals surface area (Å²) in [5, 5.41) is 2.97. The summed E-state index contributed by atoms with van der Waals surface area (Å²) >= 11 is 11.5. The monoisotopic (exact) mass is 246 g/mol. The van der Waals surface area contributed by atoms with Crippen LogP contribution in [0.3, 0.4) is 0 Å². The molecule has 1 aromatic carbocycles. The molecule has 0 radical (unpaired) electrons. The van der Waals surface area contributed by atoms with Gasteiger partial charge in [-0.15, -0.1) is 0 Å². The van der Waals surface area contributed by atoms with Gasteiger partial charge in [0, 0.05) is 5.02 Å². The molecule has 0 saturated heterocycles. The first-order chi connectivity index (χ1) is 7.00. The number of rotatable bonds is 3. The second-order valence-electron chi connectivity index (χ2n) is 2.77. The highest BCUT2D eigenvalue weighted by Crippen LogP contribution is 2.20. The molecule has 0 atom stereocenters. The third-order valence-corrected chi connectivity index (χ3v) is 2.16. The van der Waals surface area contributed by atoms with E-state index >= 15 is 0 Å². The Morgan fingerprint density at radius 1 is 1.33 bits per heavy atom. The normalized spacial score (nSPS) is 9.73. The lowest BCUT2D eigenvalue weighted by atomic mass is 10.2. The average Bonchev–Trinajstić information content (AvgIpc) is 2.18. The Morgan fingerprint density at radius 2 is 2.00 bits per heavy atom. The summed E-state index contributed by atoms with van der Waals surface area (Å²) in [6, 6.07) is 4.48. The molecular weight excluding hydrogens is 239 g/mol. The lowest BCUT2D eigenvalue weighted by molar-refractivity contribution is -0.117. The maximum Gasteiger partial charge on any atom is 0.253 e. The van der Waals surface area contributed by atoms with Crippen LogP contribution in [0.15, 0.2) is 18.2 Å². The summed E-state index contributed by atoms with van der Waals surface area (Å²) in [5.41, 5.74) is 5.09. The quantitative estimate of drug-likeness (QED) is 0.842. The Bertz CT molecular complexity index is 407. The zero-order chi connectivity index (χ0) is 11.4. The van der Waals surface area contributed by atoms with Gasteiger partial charge in [-0.1, -0.05) is 23.2 Å². The van der Waals surface area contributed by atoms with Crippen molar-refractivity contribution < 1.29 is 9.59 Å². The third-order valence-electron chi connectivity index (χ3n) is 1.60. The Labute approximate surface area is 96.3 Å². The van der Waals surface area contributed by atoms with Crippen LogP contribution in [0.25, 0.3) is 0 Å². The summed E-state index contributed by atoms with van der Waals surface area (Å²) in [6.45, 7) is -0.234. The van der Waals surface area contributed by atoms with Gasteiger partial charge in [-0.25, -0.2) is 0 Å². The molecule has 0 bridgehead atoms. The molecule has 0 saturated carbocycles. The van der Waals surface area contributed by atoms with E-state index in [1.807, 2.05) is 0 Å². The van der Waals surface area contributed by atoms with Crippen LogP contribution in [0.2, 0.25) is 10.0 Å². The first-order valence-corrected chi connectivity index (χ1v) is 4.78. The molecule has 0 aromatic heterocycles. The molecule has 0 heterocycles. The number of hydrogen-bond acceptors (Lipinski definition) is 2. The number of nitrogens with two attached hydrogens (primary N) is 1. The summed E-state index contributed by atoms with van der Waals surface area (Å²) in [4.78, 5) is 21.9. The molecule has 80 valence electrons. The first kappa shape index (κ1) is 11.8. The molecule has 3 N–H and O–H groups in total. The van der Waals surface area contributed by atoms with Crippen LogP contribution >= 0.6 is 23.2 Å². The Morgan fingerprint density at radius 3 is 2.60 bits per heavy atom. The number of primary amides is 1. The predicted molar refractivity (Wildman–Crippen MR) is 58.0 cm³/mol. The molecule has 0 fully saturated rings. The van der Waals surface area contributed by atoms with Crippen molar-refractivity contribution >= 4 is 35.0 Å². The van der Waals surface area contributed by atoms with Gasteiger partial charge in [0.05, 0.1) is 17.1 Å². The van der Waals surface area contributed by atoms with Crippen LogP contribution in [0.1, 0.15) is 10.4 Å². The van der Waals surface area contributed by atoms with Crippen molar-refractivity contribution in [3.8, 4) is 0 Å². The van der Waals surface area contributed by atoms with E-state index < -0.39 is 11.8 Å². The number of benzene rings is 1. The first-order valence-electron chi connectivity index (χ1n) is 4.02. The highest BCUT2D eigenvalue weighted by molar-refractivity contribution is 6.35. The molecule has 1 rings (SSSR count). The van der Waals surface area contributed by atoms with Gasteiger partial charge in [-0.2, -0.15) is 0 Å². The SMILES string of the molecule is NC(=O)CNC(=O)c1cc(Cl)ccc1Cl. The van der Waals surface area contributed by atoms with Crippen molar-refractivity contribution in [3.63, 3.8) is 0 Å². The van der Waals surface area contributed by atoms with Gasteiger partial charge < -0.3 is 11.1 Å². The van der Waals surface area contributed by atoms with Gasteiger partial charge >= 0.3 is 0 Å². The van der Waals surface area contributed by atoms with Crippen molar-refractivity contribution in [2.45, 2.75) is 0 Å². The Kier molecular flexibility index (Phi) is 3.94. The molecular formula is C9H8Cl2N2O2. The number of hydrogen-bond donors (Lipinski definition) is 2. The molecule has 0 aliphatic carbocycles. The molecule has 2 amide bonds. The van der Waals surface area contributed by atoms with Crippen molar-refractivity contribution in [2.75, 3.05) is 6.54 Å².